The fraction of sp³-hybridized carbons (Fsp3) is 0.167. The predicted molar refractivity (Wildman–Crippen MR) is 85.8 cm³/mol. The summed E-state index contributed by atoms with van der Waals surface area (Å²) >= 11 is 0. The molecule has 4 rings (SSSR count). The second-order valence-corrected chi connectivity index (χ2v) is 5.67. The van der Waals surface area contributed by atoms with E-state index in [1.165, 1.54) is 12.1 Å². The van der Waals surface area contributed by atoms with Crippen LogP contribution < -0.4 is 11.1 Å². The normalized spacial score (nSPS) is 18.4. The summed E-state index contributed by atoms with van der Waals surface area (Å²) in [6, 6.07) is 10.2. The number of carbonyl (C=O) groups is 1. The smallest absolute Gasteiger partial charge is 0.260 e. The molecule has 23 heavy (non-hydrogen) atoms. The van der Waals surface area contributed by atoms with E-state index in [2.05, 4.69) is 11.4 Å². The number of nitrogens with one attached hydrogen (secondary N) is 1. The van der Waals surface area contributed by atoms with E-state index in [9.17, 15) is 9.18 Å². The maximum atomic E-state index is 13.6. The third kappa shape index (κ3) is 2.21. The summed E-state index contributed by atoms with van der Waals surface area (Å²) in [5.41, 5.74) is 10.2. The van der Waals surface area contributed by atoms with Crippen LogP contribution in [0.2, 0.25) is 0 Å². The number of hydrogen-bond acceptors (Lipinski definition) is 3. The van der Waals surface area contributed by atoms with Gasteiger partial charge in [0.1, 0.15) is 18.2 Å². The average molecular weight is 310 g/mol. The molecule has 2 aromatic rings. The first kappa shape index (κ1) is 14.0. The van der Waals surface area contributed by atoms with Crippen molar-refractivity contribution in [2.24, 2.45) is 5.73 Å². The van der Waals surface area contributed by atoms with Crippen molar-refractivity contribution in [2.45, 2.75) is 13.0 Å². The van der Waals surface area contributed by atoms with Crippen LogP contribution in [-0.2, 0) is 22.6 Å². The Morgan fingerprint density at radius 1 is 1.17 bits per heavy atom. The summed E-state index contributed by atoms with van der Waals surface area (Å²) < 4.78 is 19.3. The molecule has 116 valence electrons. The molecule has 4 nitrogen and oxygen atoms in total. The van der Waals surface area contributed by atoms with Gasteiger partial charge in [0.2, 0.25) is 0 Å². The number of halogens is 1. The minimum Gasteiger partial charge on any atom is -0.487 e. The quantitative estimate of drug-likeness (QED) is 0.838. The maximum absolute atomic E-state index is 13.6. The molecule has 0 spiro atoms. The molecule has 0 atom stereocenters. The van der Waals surface area contributed by atoms with E-state index in [1.54, 1.807) is 6.07 Å². The van der Waals surface area contributed by atoms with Crippen LogP contribution in [0.5, 0.6) is 0 Å². The summed E-state index contributed by atoms with van der Waals surface area (Å²) in [5, 5.41) is 2.75. The molecule has 0 radical (unpaired) electrons. The Bertz CT molecular complexity index is 858. The number of benzene rings is 2. The standard InChI is InChI=1S/C18H15FN2O2/c19-12-2-4-15-14(8-12)16(18(22)21-15)17-13-3-1-10(5-6-20)7-11(13)9-23-17/h1-4,7-8H,5-6,9,20H2,(H,21,22)/b17-16+. The molecule has 0 unspecified atom stereocenters. The van der Waals surface area contributed by atoms with Gasteiger partial charge in [-0.1, -0.05) is 18.2 Å². The highest BCUT2D eigenvalue weighted by molar-refractivity contribution is 6.36. The summed E-state index contributed by atoms with van der Waals surface area (Å²) in [6.45, 7) is 0.993. The van der Waals surface area contributed by atoms with Crippen LogP contribution in [0.1, 0.15) is 22.3 Å². The zero-order valence-electron chi connectivity index (χ0n) is 12.4. The van der Waals surface area contributed by atoms with Crippen molar-refractivity contribution in [2.75, 3.05) is 11.9 Å². The van der Waals surface area contributed by atoms with Crippen LogP contribution in [0.25, 0.3) is 11.3 Å². The highest BCUT2D eigenvalue weighted by Gasteiger charge is 2.32. The molecule has 2 aromatic carbocycles. The lowest BCUT2D eigenvalue weighted by Crippen LogP contribution is -2.05. The summed E-state index contributed by atoms with van der Waals surface area (Å²) in [5.74, 6) is -0.129. The predicted octanol–water partition coefficient (Wildman–Crippen LogP) is 2.68. The van der Waals surface area contributed by atoms with Gasteiger partial charge in [-0.25, -0.2) is 4.39 Å². The zero-order chi connectivity index (χ0) is 16.0. The number of anilines is 1. The molecular weight excluding hydrogens is 295 g/mol. The lowest BCUT2D eigenvalue weighted by Gasteiger charge is -2.06. The minimum absolute atomic E-state index is 0.264. The first-order valence-electron chi connectivity index (χ1n) is 7.48. The molecule has 0 fully saturated rings. The molecule has 0 saturated carbocycles. The van der Waals surface area contributed by atoms with E-state index in [1.807, 2.05) is 12.1 Å². The van der Waals surface area contributed by atoms with E-state index in [-0.39, 0.29) is 11.7 Å². The number of carbonyl (C=O) groups excluding carboxylic acids is 1. The summed E-state index contributed by atoms with van der Waals surface area (Å²) in [4.78, 5) is 12.3. The van der Waals surface area contributed by atoms with Gasteiger partial charge in [0.25, 0.3) is 5.91 Å². The van der Waals surface area contributed by atoms with Gasteiger partial charge in [-0.15, -0.1) is 0 Å². The zero-order valence-corrected chi connectivity index (χ0v) is 12.4. The summed E-state index contributed by atoms with van der Waals surface area (Å²) in [7, 11) is 0. The highest BCUT2D eigenvalue weighted by atomic mass is 19.1. The van der Waals surface area contributed by atoms with Crippen molar-refractivity contribution < 1.29 is 13.9 Å². The van der Waals surface area contributed by atoms with Crippen molar-refractivity contribution in [3.63, 3.8) is 0 Å². The largest absolute Gasteiger partial charge is 0.487 e. The molecule has 3 N–H and O–H groups in total. The number of ether oxygens (including phenoxy) is 1. The van der Waals surface area contributed by atoms with Crippen LogP contribution in [0.3, 0.4) is 0 Å². The molecule has 0 saturated heterocycles. The van der Waals surface area contributed by atoms with Gasteiger partial charge in [-0.2, -0.15) is 0 Å². The Morgan fingerprint density at radius 3 is 2.87 bits per heavy atom. The average Bonchev–Trinajstić information content (AvgIpc) is 3.07. The van der Waals surface area contributed by atoms with E-state index in [0.717, 1.165) is 23.1 Å². The lowest BCUT2D eigenvalue weighted by molar-refractivity contribution is -0.110. The Hall–Kier alpha value is -2.66. The molecule has 1 amide bonds. The Morgan fingerprint density at radius 2 is 2.04 bits per heavy atom. The molecule has 2 aliphatic heterocycles. The monoisotopic (exact) mass is 310 g/mol. The molecule has 0 aliphatic carbocycles. The van der Waals surface area contributed by atoms with E-state index in [0.29, 0.717) is 35.7 Å². The van der Waals surface area contributed by atoms with E-state index in [4.69, 9.17) is 10.5 Å². The number of hydrogen-bond donors (Lipinski definition) is 2. The van der Waals surface area contributed by atoms with Crippen molar-refractivity contribution in [1.29, 1.82) is 0 Å². The maximum Gasteiger partial charge on any atom is 0.260 e. The van der Waals surface area contributed by atoms with Crippen molar-refractivity contribution in [1.82, 2.24) is 0 Å². The molecule has 2 aliphatic rings. The van der Waals surface area contributed by atoms with E-state index < -0.39 is 0 Å². The number of fused-ring (bicyclic) bond motifs is 2. The van der Waals surface area contributed by atoms with Gasteiger partial charge in [0.15, 0.2) is 0 Å². The summed E-state index contributed by atoms with van der Waals surface area (Å²) in [6.07, 6.45) is 0.799. The van der Waals surface area contributed by atoms with Gasteiger partial charge >= 0.3 is 0 Å². The Kier molecular flexibility index (Phi) is 3.16. The van der Waals surface area contributed by atoms with Crippen molar-refractivity contribution in [3.05, 3.63) is 64.5 Å². The third-order valence-corrected chi connectivity index (χ3v) is 4.17. The van der Waals surface area contributed by atoms with Crippen LogP contribution in [0, 0.1) is 5.82 Å². The van der Waals surface area contributed by atoms with Gasteiger partial charge in [-0.05, 0) is 36.7 Å². The topological polar surface area (TPSA) is 64.3 Å². The first-order chi connectivity index (χ1) is 11.2. The van der Waals surface area contributed by atoms with Crippen LogP contribution in [0.4, 0.5) is 10.1 Å². The van der Waals surface area contributed by atoms with Gasteiger partial charge in [0, 0.05) is 22.4 Å². The molecule has 2 heterocycles. The lowest BCUT2D eigenvalue weighted by atomic mass is 9.98. The van der Waals surface area contributed by atoms with Crippen LogP contribution in [0.15, 0.2) is 36.4 Å². The van der Waals surface area contributed by atoms with Crippen LogP contribution >= 0.6 is 0 Å². The third-order valence-electron chi connectivity index (χ3n) is 4.17. The number of amides is 1. The minimum atomic E-state index is -0.380. The number of rotatable bonds is 2. The molecule has 5 heteroatoms. The van der Waals surface area contributed by atoms with Gasteiger partial charge in [-0.3, -0.25) is 4.79 Å². The second kappa shape index (κ2) is 5.21. The molecule has 0 aromatic heterocycles. The van der Waals surface area contributed by atoms with Crippen LogP contribution in [-0.4, -0.2) is 12.5 Å². The second-order valence-electron chi connectivity index (χ2n) is 5.67. The van der Waals surface area contributed by atoms with Crippen molar-refractivity contribution in [3.8, 4) is 0 Å². The highest BCUT2D eigenvalue weighted by Crippen LogP contribution is 2.41. The number of nitrogens with two attached hydrogens (primary N) is 1. The van der Waals surface area contributed by atoms with Gasteiger partial charge < -0.3 is 15.8 Å². The van der Waals surface area contributed by atoms with Crippen molar-refractivity contribution >= 4 is 22.9 Å². The Labute approximate surface area is 132 Å². The fourth-order valence-electron chi connectivity index (χ4n) is 3.11. The van der Waals surface area contributed by atoms with Gasteiger partial charge in [0.05, 0.1) is 5.57 Å². The fourth-order valence-corrected chi connectivity index (χ4v) is 3.11. The Balaban J connectivity index is 1.86. The first-order valence-corrected chi connectivity index (χ1v) is 7.48. The molecular formula is C18H15FN2O2. The van der Waals surface area contributed by atoms with E-state index >= 15 is 0 Å². The molecule has 0 bridgehead atoms. The SMILES string of the molecule is NCCc1ccc2c(c1)CO/C2=C1/C(=O)Nc2ccc(F)cc21.